The van der Waals surface area contributed by atoms with Crippen molar-refractivity contribution >= 4 is 73.2 Å². The van der Waals surface area contributed by atoms with Gasteiger partial charge in [-0.25, -0.2) is 4.79 Å². The summed E-state index contributed by atoms with van der Waals surface area (Å²) in [4.78, 5) is 19.0. The van der Waals surface area contributed by atoms with Crippen LogP contribution in [-0.2, 0) is 10.1 Å². The van der Waals surface area contributed by atoms with Gasteiger partial charge in [0.15, 0.2) is 0 Å². The first kappa shape index (κ1) is 16.6. The summed E-state index contributed by atoms with van der Waals surface area (Å²) < 4.78 is 30.3. The third kappa shape index (κ3) is 4.10. The summed E-state index contributed by atoms with van der Waals surface area (Å²) in [5.74, 6) is -1.61. The van der Waals surface area contributed by atoms with Crippen molar-refractivity contribution in [2.24, 2.45) is 0 Å². The zero-order valence-corrected chi connectivity index (χ0v) is 12.5. The molecule has 0 aliphatic heterocycles. The molecule has 0 saturated carbocycles. The van der Waals surface area contributed by atoms with Gasteiger partial charge in [0.1, 0.15) is 4.90 Å². The molecular weight excluding hydrogens is 281 g/mol. The largest absolute Gasteiger partial charge is 0.478 e. The number of benzene rings is 1. The fourth-order valence-corrected chi connectivity index (χ4v) is 1.72. The van der Waals surface area contributed by atoms with Crippen LogP contribution in [0, 0.1) is 10.1 Å². The Morgan fingerprint density at radius 3 is 2.24 bits per heavy atom. The number of aromatic carboxylic acids is 1. The molecule has 1 aromatic carbocycles. The van der Waals surface area contributed by atoms with Gasteiger partial charge in [-0.1, -0.05) is 0 Å². The van der Waals surface area contributed by atoms with Gasteiger partial charge in [-0.05, 0) is 6.07 Å². The number of rotatable bonds is 3. The number of nitrogens with zero attached hydrogens (tertiary/aromatic N) is 1. The SMILES string of the molecule is O=C(O)c1ccc([N+](=O)[O-])cc1S(=O)(=O)O.[K]. The molecule has 17 heavy (non-hydrogen) atoms. The fourth-order valence-electron chi connectivity index (χ4n) is 1.01. The molecule has 8 nitrogen and oxygen atoms in total. The number of hydrogen-bond acceptors (Lipinski definition) is 5. The Balaban J connectivity index is 0.00000256. The van der Waals surface area contributed by atoms with Crippen LogP contribution >= 0.6 is 0 Å². The van der Waals surface area contributed by atoms with Crippen LogP contribution in [0.1, 0.15) is 10.4 Å². The number of nitro groups is 1. The predicted octanol–water partition coefficient (Wildman–Crippen LogP) is 0.159. The number of hydrogen-bond donors (Lipinski definition) is 2. The summed E-state index contributed by atoms with van der Waals surface area (Å²) in [5, 5.41) is 19.0. The first-order valence-electron chi connectivity index (χ1n) is 3.72. The maximum absolute atomic E-state index is 10.8. The molecule has 0 atom stereocenters. The van der Waals surface area contributed by atoms with E-state index in [4.69, 9.17) is 9.66 Å². The Morgan fingerprint density at radius 1 is 1.35 bits per heavy atom. The minimum Gasteiger partial charge on any atom is -0.478 e. The summed E-state index contributed by atoms with van der Waals surface area (Å²) in [6.45, 7) is 0. The quantitative estimate of drug-likeness (QED) is 0.349. The molecule has 1 radical (unpaired) electrons. The summed E-state index contributed by atoms with van der Waals surface area (Å²) in [7, 11) is -4.82. The van der Waals surface area contributed by atoms with Crippen LogP contribution in [0.3, 0.4) is 0 Å². The van der Waals surface area contributed by atoms with Crippen LogP contribution in [-0.4, -0.2) is 80.4 Å². The maximum Gasteiger partial charge on any atom is 0.337 e. The minimum atomic E-state index is -4.82. The van der Waals surface area contributed by atoms with Crippen molar-refractivity contribution in [2.75, 3.05) is 0 Å². The maximum atomic E-state index is 10.8. The number of carbonyl (C=O) groups is 1. The molecule has 0 aliphatic rings. The number of carboxylic acid groups (broad SMARTS) is 1. The Morgan fingerprint density at radius 2 is 1.88 bits per heavy atom. The van der Waals surface area contributed by atoms with Crippen LogP contribution in [0.4, 0.5) is 5.69 Å². The molecule has 0 aromatic heterocycles. The Kier molecular flexibility index (Phi) is 5.87. The topological polar surface area (TPSA) is 135 Å². The van der Waals surface area contributed by atoms with E-state index in [0.29, 0.717) is 6.07 Å². The zero-order chi connectivity index (χ0) is 12.5. The third-order valence-electron chi connectivity index (χ3n) is 1.68. The minimum absolute atomic E-state index is 0. The van der Waals surface area contributed by atoms with Gasteiger partial charge >= 0.3 is 5.97 Å². The molecule has 10 heteroatoms. The van der Waals surface area contributed by atoms with E-state index in [1.165, 1.54) is 0 Å². The molecule has 87 valence electrons. The summed E-state index contributed by atoms with van der Waals surface area (Å²) >= 11 is 0. The average Bonchev–Trinajstić information content (AvgIpc) is 2.15. The van der Waals surface area contributed by atoms with Gasteiger partial charge in [0.2, 0.25) is 0 Å². The van der Waals surface area contributed by atoms with E-state index in [2.05, 4.69) is 0 Å². The summed E-state index contributed by atoms with van der Waals surface area (Å²) in [6, 6.07) is 2.06. The molecule has 0 aliphatic carbocycles. The van der Waals surface area contributed by atoms with Gasteiger partial charge < -0.3 is 5.11 Å². The monoisotopic (exact) mass is 286 g/mol. The Labute approximate surface area is 138 Å². The molecule has 0 heterocycles. The molecule has 0 fully saturated rings. The molecule has 2 N–H and O–H groups in total. The van der Waals surface area contributed by atoms with Crippen molar-refractivity contribution in [1.82, 2.24) is 0 Å². The van der Waals surface area contributed by atoms with Gasteiger partial charge in [0.25, 0.3) is 15.8 Å². The second kappa shape index (κ2) is 6.00. The van der Waals surface area contributed by atoms with E-state index in [1.807, 2.05) is 0 Å². The van der Waals surface area contributed by atoms with Gasteiger partial charge in [-0.2, -0.15) is 8.42 Å². The number of nitro benzene ring substituents is 1. The molecule has 0 spiro atoms. The van der Waals surface area contributed by atoms with E-state index in [0.717, 1.165) is 12.1 Å². The first-order valence-corrected chi connectivity index (χ1v) is 5.16. The number of carboxylic acids is 1. The molecular formula is C7H5KNO7S. The van der Waals surface area contributed by atoms with Crippen LogP contribution in [0.5, 0.6) is 0 Å². The molecule has 1 aromatic rings. The van der Waals surface area contributed by atoms with Gasteiger partial charge in [-0.3, -0.25) is 14.7 Å². The van der Waals surface area contributed by atoms with Crippen molar-refractivity contribution in [1.29, 1.82) is 0 Å². The molecule has 0 unspecified atom stereocenters. The third-order valence-corrected chi connectivity index (χ3v) is 2.58. The van der Waals surface area contributed by atoms with Gasteiger partial charge in [0.05, 0.1) is 10.5 Å². The second-order valence-corrected chi connectivity index (χ2v) is 4.11. The normalized spacial score (nSPS) is 10.4. The predicted molar refractivity (Wildman–Crippen MR) is 55.6 cm³/mol. The second-order valence-electron chi connectivity index (χ2n) is 2.72. The fraction of sp³-hybridized carbons (Fsp3) is 0. The Hall–Kier alpha value is -0.364. The smallest absolute Gasteiger partial charge is 0.337 e. The Bertz CT molecular complexity index is 568. The van der Waals surface area contributed by atoms with Crippen LogP contribution < -0.4 is 0 Å². The van der Waals surface area contributed by atoms with Crippen LogP contribution in [0.25, 0.3) is 0 Å². The molecule has 1 rings (SSSR count). The van der Waals surface area contributed by atoms with E-state index in [-0.39, 0.29) is 51.4 Å². The average molecular weight is 286 g/mol. The van der Waals surface area contributed by atoms with Crippen LogP contribution in [0.15, 0.2) is 23.1 Å². The van der Waals surface area contributed by atoms with Crippen molar-refractivity contribution in [3.8, 4) is 0 Å². The molecule has 0 amide bonds. The van der Waals surface area contributed by atoms with Gasteiger partial charge in [-0.15, -0.1) is 0 Å². The van der Waals surface area contributed by atoms with E-state index < -0.39 is 37.2 Å². The summed E-state index contributed by atoms with van der Waals surface area (Å²) in [5.41, 5.74) is -1.36. The van der Waals surface area contributed by atoms with Crippen molar-refractivity contribution in [3.63, 3.8) is 0 Å². The van der Waals surface area contributed by atoms with Crippen molar-refractivity contribution < 1.29 is 27.8 Å². The van der Waals surface area contributed by atoms with Crippen LogP contribution in [0.2, 0.25) is 0 Å². The van der Waals surface area contributed by atoms with E-state index in [1.54, 1.807) is 0 Å². The molecule has 0 bridgehead atoms. The standard InChI is InChI=1S/C7H5NO7S.K/c9-7(10)5-2-1-4(8(11)12)3-6(5)16(13,14)15;/h1-3H,(H,9,10)(H,13,14,15);. The zero-order valence-electron chi connectivity index (χ0n) is 8.52. The molecule has 0 saturated heterocycles. The van der Waals surface area contributed by atoms with Crippen molar-refractivity contribution in [3.05, 3.63) is 33.9 Å². The number of non-ortho nitro benzene ring substituents is 1. The summed E-state index contributed by atoms with van der Waals surface area (Å²) in [6.07, 6.45) is 0. The van der Waals surface area contributed by atoms with Crippen molar-refractivity contribution in [2.45, 2.75) is 4.90 Å². The first-order chi connectivity index (χ1) is 7.23. The van der Waals surface area contributed by atoms with Gasteiger partial charge in [0, 0.05) is 63.5 Å². The van der Waals surface area contributed by atoms with E-state index in [9.17, 15) is 23.3 Å². The van der Waals surface area contributed by atoms with E-state index >= 15 is 0 Å².